The largest absolute Gasteiger partial charge is 0.496 e. The van der Waals surface area contributed by atoms with Crippen molar-refractivity contribution >= 4 is 11.6 Å². The van der Waals surface area contributed by atoms with Gasteiger partial charge in [-0.05, 0) is 49.2 Å². The van der Waals surface area contributed by atoms with Crippen LogP contribution in [0.4, 0.5) is 5.69 Å². The zero-order valence-corrected chi connectivity index (χ0v) is 15.5. The van der Waals surface area contributed by atoms with Crippen molar-refractivity contribution in [1.29, 1.82) is 0 Å². The molecular formula is C21H21N3O3. The molecule has 3 rings (SSSR count). The van der Waals surface area contributed by atoms with Gasteiger partial charge in [-0.2, -0.15) is 0 Å². The number of anilines is 1. The first-order valence-electron chi connectivity index (χ1n) is 8.54. The van der Waals surface area contributed by atoms with E-state index in [9.17, 15) is 9.59 Å². The number of carbonyl (C=O) groups excluding carboxylic acids is 1. The predicted octanol–water partition coefficient (Wildman–Crippen LogP) is 3.17. The van der Waals surface area contributed by atoms with Crippen LogP contribution in [0.15, 0.2) is 59.7 Å². The van der Waals surface area contributed by atoms with Gasteiger partial charge in [0, 0.05) is 17.3 Å². The van der Waals surface area contributed by atoms with Gasteiger partial charge in [-0.3, -0.25) is 14.2 Å². The van der Waals surface area contributed by atoms with E-state index in [0.717, 1.165) is 16.7 Å². The summed E-state index contributed by atoms with van der Waals surface area (Å²) in [4.78, 5) is 29.0. The number of carbonyl (C=O) groups is 1. The number of ether oxygens (including phenoxy) is 1. The standard InChI is InChI=1S/C21H21N3O3/c1-14-8-15(2)10-16(9-14)23-20(25)12-24-13-22-18(11-21(24)26)17-6-4-5-7-19(17)27-3/h4-11,13H,12H2,1-3H3,(H,23,25). The highest BCUT2D eigenvalue weighted by molar-refractivity contribution is 5.90. The molecule has 6 nitrogen and oxygen atoms in total. The van der Waals surface area contributed by atoms with Crippen LogP contribution in [0.25, 0.3) is 11.3 Å². The van der Waals surface area contributed by atoms with Crippen LogP contribution in [0.1, 0.15) is 11.1 Å². The smallest absolute Gasteiger partial charge is 0.254 e. The molecule has 1 N–H and O–H groups in total. The molecule has 0 atom stereocenters. The molecule has 0 aliphatic rings. The summed E-state index contributed by atoms with van der Waals surface area (Å²) in [6.45, 7) is 3.83. The number of hydrogen-bond donors (Lipinski definition) is 1. The van der Waals surface area contributed by atoms with Crippen molar-refractivity contribution in [2.24, 2.45) is 0 Å². The van der Waals surface area contributed by atoms with E-state index in [1.807, 2.05) is 50.2 Å². The zero-order valence-electron chi connectivity index (χ0n) is 15.5. The number of aromatic nitrogens is 2. The lowest BCUT2D eigenvalue weighted by Crippen LogP contribution is -2.27. The second kappa shape index (κ2) is 7.86. The average Bonchev–Trinajstić information content (AvgIpc) is 2.62. The summed E-state index contributed by atoms with van der Waals surface area (Å²) in [7, 11) is 1.57. The zero-order chi connectivity index (χ0) is 19.4. The molecule has 27 heavy (non-hydrogen) atoms. The van der Waals surface area contributed by atoms with Crippen LogP contribution < -0.4 is 15.6 Å². The molecule has 138 valence electrons. The van der Waals surface area contributed by atoms with Crippen molar-refractivity contribution in [3.05, 3.63) is 76.3 Å². The Bertz CT molecular complexity index is 1020. The fourth-order valence-electron chi connectivity index (χ4n) is 2.95. The van der Waals surface area contributed by atoms with Crippen molar-refractivity contribution in [3.8, 4) is 17.0 Å². The van der Waals surface area contributed by atoms with Gasteiger partial charge in [0.15, 0.2) is 0 Å². The molecule has 3 aromatic rings. The Kier molecular flexibility index (Phi) is 5.35. The molecule has 0 saturated heterocycles. The van der Waals surface area contributed by atoms with Crippen molar-refractivity contribution < 1.29 is 9.53 Å². The van der Waals surface area contributed by atoms with Gasteiger partial charge in [-0.15, -0.1) is 0 Å². The Labute approximate surface area is 157 Å². The Balaban J connectivity index is 1.78. The first kappa shape index (κ1) is 18.4. The minimum atomic E-state index is -0.304. The van der Waals surface area contributed by atoms with Gasteiger partial charge >= 0.3 is 0 Å². The molecule has 1 heterocycles. The number of rotatable bonds is 5. The molecule has 0 spiro atoms. The van der Waals surface area contributed by atoms with Gasteiger partial charge in [0.1, 0.15) is 12.3 Å². The quantitative estimate of drug-likeness (QED) is 0.756. The summed E-state index contributed by atoms with van der Waals surface area (Å²) in [6, 6.07) is 14.5. The van der Waals surface area contributed by atoms with Crippen LogP contribution in [0.2, 0.25) is 0 Å². The molecule has 0 unspecified atom stereocenters. The number of nitrogens with zero attached hydrogens (tertiary/aromatic N) is 2. The lowest BCUT2D eigenvalue weighted by molar-refractivity contribution is -0.116. The molecule has 0 radical (unpaired) electrons. The molecule has 0 aliphatic carbocycles. The van der Waals surface area contributed by atoms with E-state index in [2.05, 4.69) is 10.3 Å². The molecule has 0 bridgehead atoms. The van der Waals surface area contributed by atoms with E-state index in [1.165, 1.54) is 17.0 Å². The number of aryl methyl sites for hydroxylation is 2. The van der Waals surface area contributed by atoms with Crippen LogP contribution >= 0.6 is 0 Å². The lowest BCUT2D eigenvalue weighted by atomic mass is 10.1. The fourth-order valence-corrected chi connectivity index (χ4v) is 2.95. The number of nitrogens with one attached hydrogen (secondary N) is 1. The molecule has 0 saturated carbocycles. The van der Waals surface area contributed by atoms with E-state index in [-0.39, 0.29) is 18.0 Å². The predicted molar refractivity (Wildman–Crippen MR) is 105 cm³/mol. The summed E-state index contributed by atoms with van der Waals surface area (Å²) in [6.07, 6.45) is 1.38. The maximum atomic E-state index is 12.4. The molecule has 1 aromatic heterocycles. The normalized spacial score (nSPS) is 10.5. The number of amides is 1. The SMILES string of the molecule is COc1ccccc1-c1cc(=O)n(CC(=O)Nc2cc(C)cc(C)c2)cn1. The van der Waals surface area contributed by atoms with Crippen LogP contribution in [0, 0.1) is 13.8 Å². The second-order valence-corrected chi connectivity index (χ2v) is 6.37. The van der Waals surface area contributed by atoms with Crippen molar-refractivity contribution in [2.75, 3.05) is 12.4 Å². The maximum Gasteiger partial charge on any atom is 0.254 e. The van der Waals surface area contributed by atoms with Gasteiger partial charge in [-0.1, -0.05) is 18.2 Å². The first-order valence-corrected chi connectivity index (χ1v) is 8.54. The average molecular weight is 363 g/mol. The van der Waals surface area contributed by atoms with E-state index in [1.54, 1.807) is 13.2 Å². The lowest BCUT2D eigenvalue weighted by Gasteiger charge is -2.10. The second-order valence-electron chi connectivity index (χ2n) is 6.37. The topological polar surface area (TPSA) is 73.2 Å². The van der Waals surface area contributed by atoms with Crippen LogP contribution in [-0.2, 0) is 11.3 Å². The van der Waals surface area contributed by atoms with Gasteiger partial charge in [0.2, 0.25) is 5.91 Å². The number of methoxy groups -OCH3 is 1. The Morgan fingerprint density at radius 3 is 2.48 bits per heavy atom. The van der Waals surface area contributed by atoms with Crippen LogP contribution in [-0.4, -0.2) is 22.6 Å². The van der Waals surface area contributed by atoms with E-state index in [0.29, 0.717) is 17.1 Å². The Hall–Kier alpha value is -3.41. The molecular weight excluding hydrogens is 342 g/mol. The number of para-hydroxylation sites is 1. The highest BCUT2D eigenvalue weighted by Crippen LogP contribution is 2.26. The number of benzene rings is 2. The first-order chi connectivity index (χ1) is 13.0. The van der Waals surface area contributed by atoms with Gasteiger partial charge < -0.3 is 10.1 Å². The fraction of sp³-hybridized carbons (Fsp3) is 0.190. The van der Waals surface area contributed by atoms with E-state index in [4.69, 9.17) is 4.74 Å². The maximum absolute atomic E-state index is 12.4. The van der Waals surface area contributed by atoms with Crippen LogP contribution in [0.3, 0.4) is 0 Å². The minimum Gasteiger partial charge on any atom is -0.496 e. The van der Waals surface area contributed by atoms with Crippen molar-refractivity contribution in [3.63, 3.8) is 0 Å². The Morgan fingerprint density at radius 1 is 1.11 bits per heavy atom. The van der Waals surface area contributed by atoms with Crippen LogP contribution in [0.5, 0.6) is 5.75 Å². The van der Waals surface area contributed by atoms with Gasteiger partial charge in [0.05, 0.1) is 19.1 Å². The molecule has 1 amide bonds. The summed E-state index contributed by atoms with van der Waals surface area (Å²) in [5.41, 5.74) is 3.76. The third-order valence-electron chi connectivity index (χ3n) is 4.08. The van der Waals surface area contributed by atoms with Crippen molar-refractivity contribution in [1.82, 2.24) is 9.55 Å². The summed E-state index contributed by atoms with van der Waals surface area (Å²) in [5.74, 6) is 0.351. The number of hydrogen-bond acceptors (Lipinski definition) is 4. The molecule has 0 aliphatic heterocycles. The van der Waals surface area contributed by atoms with Crippen molar-refractivity contribution in [2.45, 2.75) is 20.4 Å². The summed E-state index contributed by atoms with van der Waals surface area (Å²) in [5, 5.41) is 2.82. The highest BCUT2D eigenvalue weighted by Gasteiger charge is 2.10. The van der Waals surface area contributed by atoms with Gasteiger partial charge in [-0.25, -0.2) is 4.98 Å². The minimum absolute atomic E-state index is 0.106. The third kappa shape index (κ3) is 4.41. The molecule has 2 aromatic carbocycles. The Morgan fingerprint density at radius 2 is 1.81 bits per heavy atom. The van der Waals surface area contributed by atoms with E-state index < -0.39 is 0 Å². The van der Waals surface area contributed by atoms with E-state index >= 15 is 0 Å². The summed E-state index contributed by atoms with van der Waals surface area (Å²) < 4.78 is 6.58. The summed E-state index contributed by atoms with van der Waals surface area (Å²) >= 11 is 0. The highest BCUT2D eigenvalue weighted by atomic mass is 16.5. The molecule has 6 heteroatoms. The third-order valence-corrected chi connectivity index (χ3v) is 4.08. The van der Waals surface area contributed by atoms with Gasteiger partial charge in [0.25, 0.3) is 5.56 Å². The monoisotopic (exact) mass is 363 g/mol. The molecule has 0 fully saturated rings.